The summed E-state index contributed by atoms with van der Waals surface area (Å²) >= 11 is 0. The van der Waals surface area contributed by atoms with Crippen LogP contribution in [-0.4, -0.2) is 22.6 Å². The quantitative estimate of drug-likeness (QED) is 0.760. The van der Waals surface area contributed by atoms with Crippen molar-refractivity contribution in [3.8, 4) is 0 Å². The first-order chi connectivity index (χ1) is 7.36. The fourth-order valence-corrected chi connectivity index (χ4v) is 2.50. The Labute approximate surface area is 89.1 Å². The summed E-state index contributed by atoms with van der Waals surface area (Å²) in [6, 6.07) is 2.13. The van der Waals surface area contributed by atoms with E-state index in [9.17, 15) is 0 Å². The number of hydrogen-bond donors (Lipinski definition) is 1. The molecule has 1 fully saturated rings. The molecule has 15 heavy (non-hydrogen) atoms. The normalized spacial score (nSPS) is 21.3. The second-order valence-electron chi connectivity index (χ2n) is 4.28. The van der Waals surface area contributed by atoms with Gasteiger partial charge in [0.25, 0.3) is 0 Å². The first kappa shape index (κ1) is 8.92. The number of hydrogen-bond acceptors (Lipinski definition) is 2. The van der Waals surface area contributed by atoms with Crippen LogP contribution < -0.4 is 5.32 Å². The minimum Gasteiger partial charge on any atom is -0.349 e. The average molecular weight is 201 g/mol. The molecular formula is C12H15N3. The van der Waals surface area contributed by atoms with Crippen molar-refractivity contribution in [2.24, 2.45) is 7.05 Å². The molecule has 1 atom stereocenters. The van der Waals surface area contributed by atoms with Crippen LogP contribution in [0.2, 0.25) is 0 Å². The molecule has 3 heterocycles. The summed E-state index contributed by atoms with van der Waals surface area (Å²) in [7, 11) is 2.09. The van der Waals surface area contributed by atoms with Gasteiger partial charge in [-0.3, -0.25) is 4.98 Å². The van der Waals surface area contributed by atoms with E-state index in [4.69, 9.17) is 0 Å². The van der Waals surface area contributed by atoms with Crippen LogP contribution in [0.5, 0.6) is 0 Å². The Hall–Kier alpha value is -1.35. The molecule has 0 aromatic carbocycles. The molecule has 3 nitrogen and oxygen atoms in total. The van der Waals surface area contributed by atoms with Gasteiger partial charge in [-0.25, -0.2) is 0 Å². The van der Waals surface area contributed by atoms with Gasteiger partial charge in [-0.05, 0) is 30.5 Å². The highest BCUT2D eigenvalue weighted by atomic mass is 14.9. The molecule has 0 saturated carbocycles. The Morgan fingerprint density at radius 1 is 1.53 bits per heavy atom. The van der Waals surface area contributed by atoms with Gasteiger partial charge in [0.05, 0.1) is 11.7 Å². The van der Waals surface area contributed by atoms with Gasteiger partial charge in [-0.15, -0.1) is 0 Å². The molecule has 0 bridgehead atoms. The summed E-state index contributed by atoms with van der Waals surface area (Å²) in [5, 5.41) is 4.78. The van der Waals surface area contributed by atoms with E-state index in [1.54, 1.807) is 0 Å². The number of nitrogens with one attached hydrogen (secondary N) is 1. The van der Waals surface area contributed by atoms with Crippen molar-refractivity contribution in [1.82, 2.24) is 14.9 Å². The number of aryl methyl sites for hydroxylation is 1. The van der Waals surface area contributed by atoms with Crippen molar-refractivity contribution in [3.05, 3.63) is 30.2 Å². The van der Waals surface area contributed by atoms with Crippen LogP contribution in [0.3, 0.4) is 0 Å². The van der Waals surface area contributed by atoms with E-state index in [-0.39, 0.29) is 0 Å². The Balaban J connectivity index is 2.17. The molecule has 78 valence electrons. The van der Waals surface area contributed by atoms with E-state index in [0.717, 1.165) is 13.1 Å². The molecule has 0 aliphatic carbocycles. The van der Waals surface area contributed by atoms with Gasteiger partial charge in [0, 0.05) is 31.4 Å². The van der Waals surface area contributed by atoms with Crippen molar-refractivity contribution in [2.45, 2.75) is 12.3 Å². The lowest BCUT2D eigenvalue weighted by Gasteiger charge is -2.05. The predicted octanol–water partition coefficient (Wildman–Crippen LogP) is 1.65. The van der Waals surface area contributed by atoms with E-state index in [2.05, 4.69) is 34.2 Å². The number of nitrogens with zero attached hydrogens (tertiary/aromatic N) is 2. The number of aromatic nitrogens is 2. The molecule has 3 rings (SSSR count). The van der Waals surface area contributed by atoms with E-state index in [1.165, 1.54) is 22.9 Å². The second-order valence-corrected chi connectivity index (χ2v) is 4.28. The van der Waals surface area contributed by atoms with Crippen molar-refractivity contribution >= 4 is 10.9 Å². The lowest BCUT2D eigenvalue weighted by Crippen LogP contribution is -2.07. The molecule has 2 aromatic rings. The SMILES string of the molecule is Cn1cc(C2CCNC2)c2ccncc21. The molecule has 1 aliphatic heterocycles. The summed E-state index contributed by atoms with van der Waals surface area (Å²) in [6.07, 6.45) is 7.33. The lowest BCUT2D eigenvalue weighted by atomic mass is 9.98. The first-order valence-corrected chi connectivity index (χ1v) is 5.46. The van der Waals surface area contributed by atoms with Gasteiger partial charge in [-0.2, -0.15) is 0 Å². The highest BCUT2D eigenvalue weighted by molar-refractivity contribution is 5.83. The molecule has 2 aromatic heterocycles. The first-order valence-electron chi connectivity index (χ1n) is 5.46. The third-order valence-corrected chi connectivity index (χ3v) is 3.32. The van der Waals surface area contributed by atoms with Gasteiger partial charge in [0.2, 0.25) is 0 Å². The summed E-state index contributed by atoms with van der Waals surface area (Å²) in [5.74, 6) is 0.677. The topological polar surface area (TPSA) is 29.9 Å². The largest absolute Gasteiger partial charge is 0.349 e. The van der Waals surface area contributed by atoms with Gasteiger partial charge in [0.15, 0.2) is 0 Å². The minimum atomic E-state index is 0.677. The number of pyridine rings is 1. The summed E-state index contributed by atoms with van der Waals surface area (Å²) in [5.41, 5.74) is 2.71. The Morgan fingerprint density at radius 3 is 3.27 bits per heavy atom. The van der Waals surface area contributed by atoms with Gasteiger partial charge in [-0.1, -0.05) is 0 Å². The maximum absolute atomic E-state index is 4.18. The average Bonchev–Trinajstić information content (AvgIpc) is 2.87. The Morgan fingerprint density at radius 2 is 2.47 bits per heavy atom. The van der Waals surface area contributed by atoms with Crippen LogP contribution >= 0.6 is 0 Å². The smallest absolute Gasteiger partial charge is 0.0667 e. The zero-order valence-electron chi connectivity index (χ0n) is 8.90. The van der Waals surface area contributed by atoms with Crippen LogP contribution in [0, 0.1) is 0 Å². The van der Waals surface area contributed by atoms with Crippen molar-refractivity contribution < 1.29 is 0 Å². The van der Waals surface area contributed by atoms with Crippen LogP contribution in [-0.2, 0) is 7.05 Å². The molecule has 0 spiro atoms. The molecule has 1 aliphatic rings. The third-order valence-electron chi connectivity index (χ3n) is 3.32. The summed E-state index contributed by atoms with van der Waals surface area (Å²) < 4.78 is 2.18. The predicted molar refractivity (Wildman–Crippen MR) is 60.9 cm³/mol. The van der Waals surface area contributed by atoms with Crippen molar-refractivity contribution in [2.75, 3.05) is 13.1 Å². The Kier molecular flexibility index (Phi) is 1.99. The van der Waals surface area contributed by atoms with Crippen molar-refractivity contribution in [1.29, 1.82) is 0 Å². The second kappa shape index (κ2) is 3.35. The minimum absolute atomic E-state index is 0.677. The molecule has 1 saturated heterocycles. The standard InChI is InChI=1S/C12H15N3/c1-15-8-11(9-2-4-13-6-9)10-3-5-14-7-12(10)15/h3,5,7-9,13H,2,4,6H2,1H3. The van der Waals surface area contributed by atoms with Crippen LogP contribution in [0.1, 0.15) is 17.9 Å². The lowest BCUT2D eigenvalue weighted by molar-refractivity contribution is 0.763. The Bertz CT molecular complexity index is 481. The fourth-order valence-electron chi connectivity index (χ4n) is 2.50. The number of rotatable bonds is 1. The molecular weight excluding hydrogens is 186 g/mol. The highest BCUT2D eigenvalue weighted by Gasteiger charge is 2.20. The number of fused-ring (bicyclic) bond motifs is 1. The van der Waals surface area contributed by atoms with E-state index >= 15 is 0 Å². The fraction of sp³-hybridized carbons (Fsp3) is 0.417. The summed E-state index contributed by atoms with van der Waals surface area (Å²) in [6.45, 7) is 2.26. The van der Waals surface area contributed by atoms with Crippen LogP contribution in [0.15, 0.2) is 24.7 Å². The zero-order chi connectivity index (χ0) is 10.3. The van der Waals surface area contributed by atoms with Gasteiger partial charge < -0.3 is 9.88 Å². The third kappa shape index (κ3) is 1.35. The maximum Gasteiger partial charge on any atom is 0.0667 e. The monoisotopic (exact) mass is 201 g/mol. The molecule has 0 radical (unpaired) electrons. The van der Waals surface area contributed by atoms with E-state index in [1.807, 2.05) is 12.4 Å². The molecule has 0 amide bonds. The molecule has 1 N–H and O–H groups in total. The van der Waals surface area contributed by atoms with Crippen LogP contribution in [0.25, 0.3) is 10.9 Å². The molecule has 3 heteroatoms. The van der Waals surface area contributed by atoms with Gasteiger partial charge >= 0.3 is 0 Å². The van der Waals surface area contributed by atoms with Gasteiger partial charge in [0.1, 0.15) is 0 Å². The van der Waals surface area contributed by atoms with Crippen molar-refractivity contribution in [3.63, 3.8) is 0 Å². The van der Waals surface area contributed by atoms with E-state index < -0.39 is 0 Å². The maximum atomic E-state index is 4.18. The molecule has 1 unspecified atom stereocenters. The summed E-state index contributed by atoms with van der Waals surface area (Å²) in [4.78, 5) is 4.18. The highest BCUT2D eigenvalue weighted by Crippen LogP contribution is 2.30. The van der Waals surface area contributed by atoms with Crippen LogP contribution in [0.4, 0.5) is 0 Å². The zero-order valence-corrected chi connectivity index (χ0v) is 8.90. The van der Waals surface area contributed by atoms with E-state index in [0.29, 0.717) is 5.92 Å².